The van der Waals surface area contributed by atoms with Gasteiger partial charge in [-0.05, 0) is 17.9 Å². The number of nitrogens with zero attached hydrogens (tertiary/aromatic N) is 1. The molecule has 1 aliphatic rings. The summed E-state index contributed by atoms with van der Waals surface area (Å²) in [4.78, 5) is 25.9. The van der Waals surface area contributed by atoms with E-state index in [4.69, 9.17) is 5.73 Å². The molecule has 0 spiro atoms. The van der Waals surface area contributed by atoms with Crippen LogP contribution in [0.3, 0.4) is 0 Å². The Hall–Kier alpha value is -1.88. The molecule has 0 bridgehead atoms. The number of carbonyl (C=O) groups excluding carboxylic acids is 2. The maximum Gasteiger partial charge on any atom is 0.232 e. The van der Waals surface area contributed by atoms with Gasteiger partial charge < -0.3 is 15.7 Å². The largest absolute Gasteiger partial charge is 0.390 e. The highest BCUT2D eigenvalue weighted by atomic mass is 16.3. The van der Waals surface area contributed by atoms with Crippen molar-refractivity contribution < 1.29 is 14.7 Å². The van der Waals surface area contributed by atoms with Crippen LogP contribution in [0.15, 0.2) is 30.3 Å². The molecule has 1 aromatic rings. The first kappa shape index (κ1) is 16.5. The third kappa shape index (κ3) is 3.30. The first-order valence-corrected chi connectivity index (χ1v) is 7.65. The van der Waals surface area contributed by atoms with Crippen LogP contribution in [0.5, 0.6) is 0 Å². The molecule has 2 amide bonds. The SMILES string of the molecule is CC(C)CC1(CC(N)=O)C(=O)N(Cc2ccccc2)CC1O. The Morgan fingerprint density at radius 1 is 1.41 bits per heavy atom. The summed E-state index contributed by atoms with van der Waals surface area (Å²) in [7, 11) is 0. The number of rotatable bonds is 6. The van der Waals surface area contributed by atoms with Crippen LogP contribution in [0, 0.1) is 11.3 Å². The number of hydrogen-bond donors (Lipinski definition) is 2. The minimum atomic E-state index is -1.07. The van der Waals surface area contributed by atoms with E-state index in [0.717, 1.165) is 5.56 Å². The molecule has 0 saturated carbocycles. The fourth-order valence-corrected chi connectivity index (χ4v) is 3.39. The summed E-state index contributed by atoms with van der Waals surface area (Å²) in [5.41, 5.74) is 5.26. The van der Waals surface area contributed by atoms with E-state index in [9.17, 15) is 14.7 Å². The quantitative estimate of drug-likeness (QED) is 0.831. The third-order valence-electron chi connectivity index (χ3n) is 4.22. The lowest BCUT2D eigenvalue weighted by molar-refractivity contribution is -0.143. The normalized spacial score (nSPS) is 25.0. The highest BCUT2D eigenvalue weighted by Crippen LogP contribution is 2.41. The van der Waals surface area contributed by atoms with Crippen molar-refractivity contribution in [3.63, 3.8) is 0 Å². The number of benzene rings is 1. The zero-order chi connectivity index (χ0) is 16.3. The van der Waals surface area contributed by atoms with E-state index in [2.05, 4.69) is 0 Å². The number of nitrogens with two attached hydrogens (primary N) is 1. The number of β-amino-alcohol motifs (C(OH)–C–C–N with tert-alkyl or cyclic N) is 1. The average Bonchev–Trinajstić information content (AvgIpc) is 2.64. The van der Waals surface area contributed by atoms with Gasteiger partial charge in [-0.2, -0.15) is 0 Å². The van der Waals surface area contributed by atoms with Gasteiger partial charge in [-0.25, -0.2) is 0 Å². The van der Waals surface area contributed by atoms with Crippen LogP contribution < -0.4 is 5.73 Å². The lowest BCUT2D eigenvalue weighted by Crippen LogP contribution is -2.43. The van der Waals surface area contributed by atoms with E-state index in [-0.39, 0.29) is 24.8 Å². The molecule has 0 radical (unpaired) electrons. The summed E-state index contributed by atoms with van der Waals surface area (Å²) in [5, 5.41) is 10.5. The molecule has 5 heteroatoms. The van der Waals surface area contributed by atoms with Crippen molar-refractivity contribution in [3.05, 3.63) is 35.9 Å². The predicted molar refractivity (Wildman–Crippen MR) is 83.6 cm³/mol. The second kappa shape index (κ2) is 6.48. The van der Waals surface area contributed by atoms with E-state index >= 15 is 0 Å². The molecular weight excluding hydrogens is 280 g/mol. The van der Waals surface area contributed by atoms with E-state index in [0.29, 0.717) is 13.0 Å². The van der Waals surface area contributed by atoms with Gasteiger partial charge in [-0.15, -0.1) is 0 Å². The summed E-state index contributed by atoms with van der Waals surface area (Å²) in [6.45, 7) is 4.63. The van der Waals surface area contributed by atoms with Gasteiger partial charge >= 0.3 is 0 Å². The minimum absolute atomic E-state index is 0.101. The molecule has 120 valence electrons. The van der Waals surface area contributed by atoms with Crippen LogP contribution in [0.1, 0.15) is 32.3 Å². The zero-order valence-electron chi connectivity index (χ0n) is 13.2. The molecule has 1 heterocycles. The van der Waals surface area contributed by atoms with Crippen LogP contribution in [-0.2, 0) is 16.1 Å². The van der Waals surface area contributed by atoms with Crippen molar-refractivity contribution in [1.29, 1.82) is 0 Å². The molecule has 0 aliphatic carbocycles. The second-order valence-electron chi connectivity index (χ2n) is 6.58. The molecular formula is C17H24N2O3. The zero-order valence-corrected chi connectivity index (χ0v) is 13.2. The van der Waals surface area contributed by atoms with Crippen molar-refractivity contribution in [3.8, 4) is 0 Å². The first-order valence-electron chi connectivity index (χ1n) is 7.65. The number of aliphatic hydroxyl groups excluding tert-OH is 1. The fraction of sp³-hybridized carbons (Fsp3) is 0.529. The molecule has 22 heavy (non-hydrogen) atoms. The third-order valence-corrected chi connectivity index (χ3v) is 4.22. The fourth-order valence-electron chi connectivity index (χ4n) is 3.39. The van der Waals surface area contributed by atoms with Crippen LogP contribution >= 0.6 is 0 Å². The van der Waals surface area contributed by atoms with E-state index in [1.807, 2.05) is 44.2 Å². The lowest BCUT2D eigenvalue weighted by atomic mass is 9.74. The van der Waals surface area contributed by atoms with Crippen LogP contribution in [-0.4, -0.2) is 34.5 Å². The summed E-state index contributed by atoms with van der Waals surface area (Å²) in [6, 6.07) is 9.63. The standard InChI is InChI=1S/C17H24N2O3/c1-12(2)8-17(9-15(18)21)14(20)11-19(16(17)22)10-13-6-4-3-5-7-13/h3-7,12,14,20H,8-11H2,1-2H3,(H2,18,21). The second-order valence-corrected chi connectivity index (χ2v) is 6.58. The highest BCUT2D eigenvalue weighted by molar-refractivity contribution is 5.91. The number of amides is 2. The van der Waals surface area contributed by atoms with E-state index < -0.39 is 17.4 Å². The van der Waals surface area contributed by atoms with Crippen molar-refractivity contribution in [2.45, 2.75) is 39.3 Å². The van der Waals surface area contributed by atoms with Gasteiger partial charge in [0.1, 0.15) is 0 Å². The van der Waals surface area contributed by atoms with E-state index in [1.165, 1.54) is 0 Å². The van der Waals surface area contributed by atoms with Crippen molar-refractivity contribution >= 4 is 11.8 Å². The van der Waals surface area contributed by atoms with Gasteiger partial charge in [-0.3, -0.25) is 9.59 Å². The van der Waals surface area contributed by atoms with Gasteiger partial charge in [0.15, 0.2) is 0 Å². The Balaban J connectivity index is 2.24. The molecule has 1 aliphatic heterocycles. The Morgan fingerprint density at radius 3 is 2.59 bits per heavy atom. The van der Waals surface area contributed by atoms with Crippen LogP contribution in [0.25, 0.3) is 0 Å². The Kier molecular flexibility index (Phi) is 4.86. The van der Waals surface area contributed by atoms with Gasteiger partial charge in [0.25, 0.3) is 0 Å². The van der Waals surface area contributed by atoms with Gasteiger partial charge in [0.05, 0.1) is 11.5 Å². The monoisotopic (exact) mass is 304 g/mol. The Morgan fingerprint density at radius 2 is 2.05 bits per heavy atom. The molecule has 2 atom stereocenters. The Labute approximate surface area is 131 Å². The van der Waals surface area contributed by atoms with Gasteiger partial charge in [0, 0.05) is 19.5 Å². The number of carbonyl (C=O) groups is 2. The van der Waals surface area contributed by atoms with Gasteiger partial charge in [0.2, 0.25) is 11.8 Å². The average molecular weight is 304 g/mol. The first-order chi connectivity index (χ1) is 10.3. The molecule has 5 nitrogen and oxygen atoms in total. The number of primary amides is 1. The molecule has 0 aromatic heterocycles. The summed E-state index contributed by atoms with van der Waals surface area (Å²) in [5.74, 6) is -0.527. The number of hydrogen-bond acceptors (Lipinski definition) is 3. The highest BCUT2D eigenvalue weighted by Gasteiger charge is 2.54. The van der Waals surface area contributed by atoms with Crippen LogP contribution in [0.4, 0.5) is 0 Å². The predicted octanol–water partition coefficient (Wildman–Crippen LogP) is 1.30. The lowest BCUT2D eigenvalue weighted by Gasteiger charge is -2.30. The number of aliphatic hydroxyl groups is 1. The minimum Gasteiger partial charge on any atom is -0.390 e. The summed E-state index contributed by atoms with van der Waals surface area (Å²) < 4.78 is 0. The molecule has 1 saturated heterocycles. The molecule has 1 fully saturated rings. The summed E-state index contributed by atoms with van der Waals surface area (Å²) >= 11 is 0. The number of likely N-dealkylation sites (tertiary alicyclic amines) is 1. The van der Waals surface area contributed by atoms with E-state index in [1.54, 1.807) is 4.90 Å². The smallest absolute Gasteiger partial charge is 0.232 e. The van der Waals surface area contributed by atoms with Crippen LogP contribution in [0.2, 0.25) is 0 Å². The summed E-state index contributed by atoms with van der Waals surface area (Å²) in [6.07, 6.45) is -0.504. The van der Waals surface area contributed by atoms with Gasteiger partial charge in [-0.1, -0.05) is 44.2 Å². The molecule has 3 N–H and O–H groups in total. The molecule has 1 aromatic carbocycles. The maximum atomic E-state index is 12.9. The topological polar surface area (TPSA) is 83.6 Å². The van der Waals surface area contributed by atoms with Crippen molar-refractivity contribution in [2.24, 2.45) is 17.1 Å². The Bertz CT molecular complexity index is 544. The van der Waals surface area contributed by atoms with Crippen molar-refractivity contribution in [1.82, 2.24) is 4.90 Å². The molecule has 2 unspecified atom stereocenters. The van der Waals surface area contributed by atoms with Crippen molar-refractivity contribution in [2.75, 3.05) is 6.54 Å². The molecule has 2 rings (SSSR count). The maximum absolute atomic E-state index is 12.9.